The van der Waals surface area contributed by atoms with E-state index in [1.54, 1.807) is 18.2 Å². The molecule has 0 amide bonds. The van der Waals surface area contributed by atoms with Crippen LogP contribution in [0.5, 0.6) is 5.75 Å². The molecule has 0 saturated heterocycles. The summed E-state index contributed by atoms with van der Waals surface area (Å²) in [6, 6.07) is 8.99. The van der Waals surface area contributed by atoms with Gasteiger partial charge in [-0.3, -0.25) is 0 Å². The van der Waals surface area contributed by atoms with Gasteiger partial charge in [0.1, 0.15) is 5.75 Å². The van der Waals surface area contributed by atoms with Crippen molar-refractivity contribution in [3.63, 3.8) is 0 Å². The Kier molecular flexibility index (Phi) is 5.15. The van der Waals surface area contributed by atoms with Crippen molar-refractivity contribution in [2.24, 2.45) is 0 Å². The van der Waals surface area contributed by atoms with Gasteiger partial charge in [-0.05, 0) is 35.4 Å². The third-order valence-electron chi connectivity index (χ3n) is 3.19. The van der Waals surface area contributed by atoms with Gasteiger partial charge in [-0.25, -0.2) is 8.78 Å². The average molecular weight is 313 g/mol. The van der Waals surface area contributed by atoms with Crippen LogP contribution < -0.4 is 4.74 Å². The number of hydrogen-bond donors (Lipinski definition) is 1. The van der Waals surface area contributed by atoms with Gasteiger partial charge in [0.25, 0.3) is 0 Å². The summed E-state index contributed by atoms with van der Waals surface area (Å²) < 4.78 is 31.9. The number of hydrogen-bond acceptors (Lipinski definition) is 2. The molecule has 0 aromatic heterocycles. The average Bonchev–Trinajstić information content (AvgIpc) is 2.44. The summed E-state index contributed by atoms with van der Waals surface area (Å²) in [6.45, 7) is 0. The fourth-order valence-corrected chi connectivity index (χ4v) is 2.39. The lowest BCUT2D eigenvalue weighted by Crippen LogP contribution is -2.15. The summed E-state index contributed by atoms with van der Waals surface area (Å²) >= 11 is 5.92. The minimum Gasteiger partial charge on any atom is -0.496 e. The molecule has 1 atom stereocenters. The van der Waals surface area contributed by atoms with Gasteiger partial charge in [0.05, 0.1) is 13.2 Å². The Labute approximate surface area is 126 Å². The maximum Gasteiger partial charge on any atom is 0.162 e. The predicted molar refractivity (Wildman–Crippen MR) is 77.8 cm³/mol. The standard InChI is InChI=1S/C16H15ClF2O2/c1-21-15-6-5-12(17)7-11(15)9-13(20)8-10-3-2-4-14(18)16(10)19/h2-7,13,20H,8-9H2,1H3. The van der Waals surface area contributed by atoms with Crippen molar-refractivity contribution in [2.75, 3.05) is 7.11 Å². The molecular formula is C16H15ClF2O2. The first-order chi connectivity index (χ1) is 10.0. The molecule has 0 bridgehead atoms. The van der Waals surface area contributed by atoms with Crippen LogP contribution in [0.2, 0.25) is 5.02 Å². The highest BCUT2D eigenvalue weighted by molar-refractivity contribution is 6.30. The van der Waals surface area contributed by atoms with Crippen LogP contribution in [0.3, 0.4) is 0 Å². The number of aliphatic hydroxyl groups is 1. The molecule has 0 spiro atoms. The molecule has 2 rings (SSSR count). The van der Waals surface area contributed by atoms with Crippen molar-refractivity contribution in [1.29, 1.82) is 0 Å². The minimum absolute atomic E-state index is 0.0132. The topological polar surface area (TPSA) is 29.5 Å². The van der Waals surface area contributed by atoms with E-state index in [2.05, 4.69) is 0 Å². The molecule has 2 aromatic carbocycles. The molecule has 0 aliphatic heterocycles. The molecular weight excluding hydrogens is 298 g/mol. The smallest absolute Gasteiger partial charge is 0.162 e. The molecule has 0 aliphatic carbocycles. The number of ether oxygens (including phenoxy) is 1. The maximum absolute atomic E-state index is 13.6. The van der Waals surface area contributed by atoms with Gasteiger partial charge < -0.3 is 9.84 Å². The normalized spacial score (nSPS) is 12.2. The zero-order valence-electron chi connectivity index (χ0n) is 11.4. The molecule has 112 valence electrons. The Morgan fingerprint density at radius 3 is 2.57 bits per heavy atom. The van der Waals surface area contributed by atoms with Crippen LogP contribution in [0.1, 0.15) is 11.1 Å². The molecule has 0 aliphatic rings. The lowest BCUT2D eigenvalue weighted by Gasteiger charge is -2.14. The van der Waals surface area contributed by atoms with E-state index in [9.17, 15) is 13.9 Å². The summed E-state index contributed by atoms with van der Waals surface area (Å²) in [5.74, 6) is -1.24. The van der Waals surface area contributed by atoms with Crippen LogP contribution >= 0.6 is 11.6 Å². The highest BCUT2D eigenvalue weighted by atomic mass is 35.5. The molecule has 0 heterocycles. The Balaban J connectivity index is 2.13. The largest absolute Gasteiger partial charge is 0.496 e. The third-order valence-corrected chi connectivity index (χ3v) is 3.42. The van der Waals surface area contributed by atoms with E-state index in [1.807, 2.05) is 0 Å². The first kappa shape index (κ1) is 15.7. The molecule has 1 unspecified atom stereocenters. The van der Waals surface area contributed by atoms with E-state index < -0.39 is 17.7 Å². The zero-order valence-corrected chi connectivity index (χ0v) is 12.2. The molecule has 0 radical (unpaired) electrons. The van der Waals surface area contributed by atoms with Gasteiger partial charge >= 0.3 is 0 Å². The van der Waals surface area contributed by atoms with Crippen LogP contribution in [0.25, 0.3) is 0 Å². The van der Waals surface area contributed by atoms with E-state index in [1.165, 1.54) is 19.2 Å². The van der Waals surface area contributed by atoms with Crippen molar-refractivity contribution in [1.82, 2.24) is 0 Å². The van der Waals surface area contributed by atoms with Crippen LogP contribution in [-0.4, -0.2) is 18.3 Å². The minimum atomic E-state index is -0.922. The number of rotatable bonds is 5. The van der Waals surface area contributed by atoms with Gasteiger partial charge in [0, 0.05) is 17.9 Å². The van der Waals surface area contributed by atoms with E-state index in [0.717, 1.165) is 6.07 Å². The van der Waals surface area contributed by atoms with Crippen molar-refractivity contribution >= 4 is 11.6 Å². The van der Waals surface area contributed by atoms with Gasteiger partial charge in [-0.15, -0.1) is 0 Å². The second-order valence-corrected chi connectivity index (χ2v) is 5.17. The highest BCUT2D eigenvalue weighted by Gasteiger charge is 2.15. The molecule has 5 heteroatoms. The molecule has 2 aromatic rings. The first-order valence-corrected chi connectivity index (χ1v) is 6.82. The van der Waals surface area contributed by atoms with E-state index in [4.69, 9.17) is 16.3 Å². The summed E-state index contributed by atoms with van der Waals surface area (Å²) in [4.78, 5) is 0. The lowest BCUT2D eigenvalue weighted by molar-refractivity contribution is 0.172. The quantitative estimate of drug-likeness (QED) is 0.910. The molecule has 21 heavy (non-hydrogen) atoms. The lowest BCUT2D eigenvalue weighted by atomic mass is 10.0. The van der Waals surface area contributed by atoms with E-state index in [0.29, 0.717) is 16.3 Å². The second-order valence-electron chi connectivity index (χ2n) is 4.73. The SMILES string of the molecule is COc1ccc(Cl)cc1CC(O)Cc1cccc(F)c1F. The third kappa shape index (κ3) is 3.93. The number of aliphatic hydroxyl groups excluding tert-OH is 1. The van der Waals surface area contributed by atoms with Crippen molar-refractivity contribution in [2.45, 2.75) is 18.9 Å². The Hall–Kier alpha value is -1.65. The summed E-state index contributed by atoms with van der Waals surface area (Å²) in [7, 11) is 1.52. The van der Waals surface area contributed by atoms with Gasteiger partial charge in [0.2, 0.25) is 0 Å². The molecule has 0 saturated carbocycles. The van der Waals surface area contributed by atoms with Crippen molar-refractivity contribution in [3.05, 3.63) is 64.2 Å². The van der Waals surface area contributed by atoms with Crippen LogP contribution in [0.4, 0.5) is 8.78 Å². The fourth-order valence-electron chi connectivity index (χ4n) is 2.19. The number of benzene rings is 2. The van der Waals surface area contributed by atoms with Crippen molar-refractivity contribution < 1.29 is 18.6 Å². The molecule has 2 nitrogen and oxygen atoms in total. The summed E-state index contributed by atoms with van der Waals surface area (Å²) in [5.41, 5.74) is 0.859. The van der Waals surface area contributed by atoms with Crippen LogP contribution in [0.15, 0.2) is 36.4 Å². The van der Waals surface area contributed by atoms with Gasteiger partial charge in [-0.2, -0.15) is 0 Å². The van der Waals surface area contributed by atoms with Crippen LogP contribution in [0, 0.1) is 11.6 Å². The first-order valence-electron chi connectivity index (χ1n) is 6.44. The Morgan fingerprint density at radius 1 is 1.14 bits per heavy atom. The Morgan fingerprint density at radius 2 is 1.86 bits per heavy atom. The van der Waals surface area contributed by atoms with Gasteiger partial charge in [0.15, 0.2) is 11.6 Å². The van der Waals surface area contributed by atoms with Crippen LogP contribution in [-0.2, 0) is 12.8 Å². The van der Waals surface area contributed by atoms with Gasteiger partial charge in [-0.1, -0.05) is 23.7 Å². The fraction of sp³-hybridized carbons (Fsp3) is 0.250. The molecule has 1 N–H and O–H groups in total. The van der Waals surface area contributed by atoms with E-state index in [-0.39, 0.29) is 18.4 Å². The second kappa shape index (κ2) is 6.87. The summed E-state index contributed by atoms with van der Waals surface area (Å²) in [5, 5.41) is 10.6. The number of halogens is 3. The van der Waals surface area contributed by atoms with E-state index >= 15 is 0 Å². The predicted octanol–water partition coefficient (Wildman–Crippen LogP) is 3.77. The Bertz CT molecular complexity index is 632. The maximum atomic E-state index is 13.6. The summed E-state index contributed by atoms with van der Waals surface area (Å²) in [6.07, 6.45) is -0.618. The van der Waals surface area contributed by atoms with Crippen molar-refractivity contribution in [3.8, 4) is 5.75 Å². The highest BCUT2D eigenvalue weighted by Crippen LogP contribution is 2.25. The molecule has 0 fully saturated rings. The monoisotopic (exact) mass is 312 g/mol. The number of methoxy groups -OCH3 is 1. The zero-order chi connectivity index (χ0) is 15.4.